The van der Waals surface area contributed by atoms with Gasteiger partial charge in [-0.3, -0.25) is 14.5 Å². The SMILES string of the molecule is Cc1ccc(S(=O)(=O)C2C(=O)N(Cc3ccccc3)C(=O)CC2C)cc1. The Bertz CT molecular complexity index is 920. The molecular weight excluding hydrogens is 350 g/mol. The average Bonchev–Trinajstić information content (AvgIpc) is 2.59. The molecule has 0 aromatic heterocycles. The molecule has 0 N–H and O–H groups in total. The summed E-state index contributed by atoms with van der Waals surface area (Å²) >= 11 is 0. The van der Waals surface area contributed by atoms with Crippen LogP contribution in [0.5, 0.6) is 0 Å². The summed E-state index contributed by atoms with van der Waals surface area (Å²) in [6, 6.07) is 15.5. The van der Waals surface area contributed by atoms with Crippen LogP contribution >= 0.6 is 0 Å². The van der Waals surface area contributed by atoms with E-state index in [1.165, 1.54) is 12.1 Å². The Kier molecular flexibility index (Phi) is 4.96. The molecule has 0 radical (unpaired) electrons. The van der Waals surface area contributed by atoms with Gasteiger partial charge in [0.2, 0.25) is 11.8 Å². The molecule has 1 saturated heterocycles. The topological polar surface area (TPSA) is 71.5 Å². The maximum Gasteiger partial charge on any atom is 0.248 e. The number of imide groups is 1. The number of benzene rings is 2. The Morgan fingerprint density at radius 1 is 1.00 bits per heavy atom. The molecule has 26 heavy (non-hydrogen) atoms. The highest BCUT2D eigenvalue weighted by atomic mass is 32.2. The van der Waals surface area contributed by atoms with Gasteiger partial charge in [-0.05, 0) is 30.5 Å². The van der Waals surface area contributed by atoms with E-state index in [2.05, 4.69) is 0 Å². The van der Waals surface area contributed by atoms with E-state index in [0.29, 0.717) is 0 Å². The minimum absolute atomic E-state index is 0.0360. The number of carbonyl (C=O) groups excluding carboxylic acids is 2. The fourth-order valence-electron chi connectivity index (χ4n) is 3.26. The first-order valence-electron chi connectivity index (χ1n) is 8.49. The number of hydrogen-bond donors (Lipinski definition) is 0. The lowest BCUT2D eigenvalue weighted by atomic mass is 9.96. The van der Waals surface area contributed by atoms with E-state index in [9.17, 15) is 18.0 Å². The summed E-state index contributed by atoms with van der Waals surface area (Å²) in [5.74, 6) is -1.53. The molecule has 0 aliphatic carbocycles. The lowest BCUT2D eigenvalue weighted by molar-refractivity contribution is -0.150. The monoisotopic (exact) mass is 371 g/mol. The van der Waals surface area contributed by atoms with Gasteiger partial charge in [-0.2, -0.15) is 0 Å². The summed E-state index contributed by atoms with van der Waals surface area (Å²) < 4.78 is 26.1. The standard InChI is InChI=1S/C20H21NO4S/c1-14-8-10-17(11-9-14)26(24,25)19-15(2)12-18(22)21(20(19)23)13-16-6-4-3-5-7-16/h3-11,15,19H,12-13H2,1-2H3. The van der Waals surface area contributed by atoms with Gasteiger partial charge in [-0.15, -0.1) is 0 Å². The number of aryl methyl sites for hydroxylation is 1. The van der Waals surface area contributed by atoms with Gasteiger partial charge >= 0.3 is 0 Å². The summed E-state index contributed by atoms with van der Waals surface area (Å²) in [5, 5.41) is -1.24. The van der Waals surface area contributed by atoms with E-state index in [1.54, 1.807) is 19.1 Å². The van der Waals surface area contributed by atoms with Crippen LogP contribution in [0.2, 0.25) is 0 Å². The quantitative estimate of drug-likeness (QED) is 0.775. The van der Waals surface area contributed by atoms with Crippen LogP contribution in [0.1, 0.15) is 24.5 Å². The van der Waals surface area contributed by atoms with Gasteiger partial charge in [-0.1, -0.05) is 55.0 Å². The smallest absolute Gasteiger partial charge is 0.248 e. The van der Waals surface area contributed by atoms with E-state index in [4.69, 9.17) is 0 Å². The van der Waals surface area contributed by atoms with Crippen LogP contribution in [0.15, 0.2) is 59.5 Å². The summed E-state index contributed by atoms with van der Waals surface area (Å²) in [4.78, 5) is 26.5. The predicted octanol–water partition coefficient (Wildman–Crippen LogP) is 2.73. The van der Waals surface area contributed by atoms with E-state index in [0.717, 1.165) is 16.0 Å². The molecule has 1 aliphatic rings. The van der Waals surface area contributed by atoms with Gasteiger partial charge < -0.3 is 0 Å². The van der Waals surface area contributed by atoms with Gasteiger partial charge in [-0.25, -0.2) is 8.42 Å². The highest BCUT2D eigenvalue weighted by molar-refractivity contribution is 7.92. The molecule has 0 bridgehead atoms. The molecule has 2 aromatic carbocycles. The fourth-order valence-corrected chi connectivity index (χ4v) is 5.17. The number of likely N-dealkylation sites (tertiary alicyclic amines) is 1. The average molecular weight is 371 g/mol. The largest absolute Gasteiger partial charge is 0.277 e. The van der Waals surface area contributed by atoms with Gasteiger partial charge in [0.05, 0.1) is 11.4 Å². The van der Waals surface area contributed by atoms with Crippen LogP contribution < -0.4 is 0 Å². The zero-order chi connectivity index (χ0) is 18.9. The van der Waals surface area contributed by atoms with Crippen molar-refractivity contribution in [3.8, 4) is 0 Å². The Hall–Kier alpha value is -2.47. The number of carbonyl (C=O) groups is 2. The van der Waals surface area contributed by atoms with Crippen LogP contribution in [0.4, 0.5) is 0 Å². The minimum Gasteiger partial charge on any atom is -0.277 e. The summed E-state index contributed by atoms with van der Waals surface area (Å²) in [5.41, 5.74) is 1.73. The fraction of sp³-hybridized carbons (Fsp3) is 0.300. The third-order valence-electron chi connectivity index (χ3n) is 4.69. The second-order valence-corrected chi connectivity index (χ2v) is 8.83. The molecule has 3 rings (SSSR count). The second-order valence-electron chi connectivity index (χ2n) is 6.76. The van der Waals surface area contributed by atoms with Crippen molar-refractivity contribution in [3.05, 3.63) is 65.7 Å². The van der Waals surface area contributed by atoms with Crippen molar-refractivity contribution in [1.29, 1.82) is 0 Å². The zero-order valence-corrected chi connectivity index (χ0v) is 15.6. The molecule has 2 unspecified atom stereocenters. The van der Waals surface area contributed by atoms with Crippen molar-refractivity contribution in [3.63, 3.8) is 0 Å². The van der Waals surface area contributed by atoms with Gasteiger partial charge in [0.25, 0.3) is 0 Å². The summed E-state index contributed by atoms with van der Waals surface area (Å²) in [6.07, 6.45) is 0.0360. The van der Waals surface area contributed by atoms with Crippen LogP contribution in [-0.4, -0.2) is 30.4 Å². The lowest BCUT2D eigenvalue weighted by Gasteiger charge is -2.34. The minimum atomic E-state index is -3.87. The van der Waals surface area contributed by atoms with Crippen LogP contribution in [0, 0.1) is 12.8 Å². The molecule has 136 valence electrons. The Balaban J connectivity index is 1.94. The molecule has 1 heterocycles. The predicted molar refractivity (Wildman–Crippen MR) is 97.9 cm³/mol. The highest BCUT2D eigenvalue weighted by Gasteiger charge is 2.47. The molecule has 5 nitrogen and oxygen atoms in total. The van der Waals surface area contributed by atoms with E-state index in [1.807, 2.05) is 37.3 Å². The first-order valence-corrected chi connectivity index (χ1v) is 10.0. The van der Waals surface area contributed by atoms with Crippen molar-refractivity contribution >= 4 is 21.7 Å². The van der Waals surface area contributed by atoms with Gasteiger partial charge in [0.15, 0.2) is 9.84 Å². The van der Waals surface area contributed by atoms with Crippen molar-refractivity contribution in [2.75, 3.05) is 0 Å². The molecule has 0 spiro atoms. The second kappa shape index (κ2) is 7.03. The molecule has 2 atom stereocenters. The number of amides is 2. The molecular formula is C20H21NO4S. The normalized spacial score (nSPS) is 21.1. The van der Waals surface area contributed by atoms with E-state index in [-0.39, 0.29) is 23.8 Å². The Labute approximate surface area is 153 Å². The molecule has 2 aromatic rings. The Morgan fingerprint density at radius 2 is 1.62 bits per heavy atom. The Morgan fingerprint density at radius 3 is 2.23 bits per heavy atom. The highest BCUT2D eigenvalue weighted by Crippen LogP contribution is 2.30. The number of piperidine rings is 1. The third kappa shape index (κ3) is 3.42. The third-order valence-corrected chi connectivity index (χ3v) is 6.96. The summed E-state index contributed by atoms with van der Waals surface area (Å²) in [6.45, 7) is 3.60. The van der Waals surface area contributed by atoms with Crippen molar-refractivity contribution in [2.45, 2.75) is 37.0 Å². The zero-order valence-electron chi connectivity index (χ0n) is 14.8. The van der Waals surface area contributed by atoms with Crippen LogP contribution in [0.3, 0.4) is 0 Å². The molecule has 1 aliphatic heterocycles. The number of nitrogens with zero attached hydrogens (tertiary/aromatic N) is 1. The van der Waals surface area contributed by atoms with E-state index < -0.39 is 26.9 Å². The molecule has 0 saturated carbocycles. The molecule has 2 amide bonds. The van der Waals surface area contributed by atoms with Crippen molar-refractivity contribution in [1.82, 2.24) is 4.90 Å². The number of sulfone groups is 1. The first-order chi connectivity index (χ1) is 12.3. The van der Waals surface area contributed by atoms with Gasteiger partial charge in [0, 0.05) is 6.42 Å². The maximum absolute atomic E-state index is 13.1. The summed E-state index contributed by atoms with van der Waals surface area (Å²) in [7, 11) is -3.87. The lowest BCUT2D eigenvalue weighted by Crippen LogP contribution is -2.53. The van der Waals surface area contributed by atoms with Gasteiger partial charge in [0.1, 0.15) is 5.25 Å². The van der Waals surface area contributed by atoms with Crippen molar-refractivity contribution in [2.24, 2.45) is 5.92 Å². The number of hydrogen-bond acceptors (Lipinski definition) is 4. The van der Waals surface area contributed by atoms with Crippen LogP contribution in [0.25, 0.3) is 0 Å². The van der Waals surface area contributed by atoms with E-state index >= 15 is 0 Å². The first kappa shape index (κ1) is 18.3. The molecule has 1 fully saturated rings. The molecule has 6 heteroatoms. The number of rotatable bonds is 4. The van der Waals surface area contributed by atoms with Crippen LogP contribution in [-0.2, 0) is 26.0 Å². The maximum atomic E-state index is 13.1. The van der Waals surface area contributed by atoms with Crippen molar-refractivity contribution < 1.29 is 18.0 Å².